The molecule has 1 heterocycles. The van der Waals surface area contributed by atoms with E-state index in [1.165, 1.54) is 22.5 Å². The summed E-state index contributed by atoms with van der Waals surface area (Å²) in [6.45, 7) is 0.267. The Morgan fingerprint density at radius 3 is 2.52 bits per heavy atom. The standard InChI is InChI=1S/C17H14ClF3N2O3S/c18-12-4-3-10(23-7-1-2-8-27(23,25)26)9-11(12)17(24)22-14-6-5-13(19)15(20)16(14)21/h3-6,9H,1-2,7-8H2,(H,22,24). The van der Waals surface area contributed by atoms with Gasteiger partial charge < -0.3 is 5.32 Å². The van der Waals surface area contributed by atoms with Crippen LogP contribution in [0.2, 0.25) is 5.02 Å². The molecule has 1 saturated heterocycles. The smallest absolute Gasteiger partial charge is 0.257 e. The van der Waals surface area contributed by atoms with E-state index in [9.17, 15) is 26.4 Å². The molecule has 0 atom stereocenters. The lowest BCUT2D eigenvalue weighted by Gasteiger charge is -2.28. The Morgan fingerprint density at radius 1 is 1.07 bits per heavy atom. The predicted octanol–water partition coefficient (Wildman–Crippen LogP) is 3.94. The Labute approximate surface area is 158 Å². The quantitative estimate of drug-likeness (QED) is 0.768. The molecule has 3 rings (SSSR count). The van der Waals surface area contributed by atoms with Crippen LogP contribution in [-0.2, 0) is 10.0 Å². The van der Waals surface area contributed by atoms with E-state index in [-0.39, 0.29) is 28.6 Å². The van der Waals surface area contributed by atoms with Crippen LogP contribution in [0.25, 0.3) is 0 Å². The van der Waals surface area contributed by atoms with Crippen LogP contribution in [0.3, 0.4) is 0 Å². The van der Waals surface area contributed by atoms with Crippen molar-refractivity contribution in [3.05, 3.63) is 58.4 Å². The largest absolute Gasteiger partial charge is 0.319 e. The van der Waals surface area contributed by atoms with Gasteiger partial charge in [0.25, 0.3) is 5.91 Å². The SMILES string of the molecule is O=C(Nc1ccc(F)c(F)c1F)c1cc(N2CCCCS2(=O)=O)ccc1Cl. The molecule has 0 aliphatic carbocycles. The van der Waals surface area contributed by atoms with Crippen LogP contribution in [0, 0.1) is 17.5 Å². The van der Waals surface area contributed by atoms with Crippen LogP contribution in [0.15, 0.2) is 30.3 Å². The number of anilines is 2. The fourth-order valence-electron chi connectivity index (χ4n) is 2.73. The first-order chi connectivity index (χ1) is 12.7. The molecule has 0 saturated carbocycles. The number of carbonyl (C=O) groups is 1. The summed E-state index contributed by atoms with van der Waals surface area (Å²) in [5.74, 6) is -5.54. The van der Waals surface area contributed by atoms with E-state index < -0.39 is 39.1 Å². The van der Waals surface area contributed by atoms with E-state index in [4.69, 9.17) is 11.6 Å². The Bertz CT molecular complexity index is 1010. The second kappa shape index (κ2) is 7.40. The molecule has 144 valence electrons. The molecule has 0 aromatic heterocycles. The highest BCUT2D eigenvalue weighted by molar-refractivity contribution is 7.92. The molecule has 2 aromatic rings. The lowest BCUT2D eigenvalue weighted by atomic mass is 10.1. The highest BCUT2D eigenvalue weighted by Gasteiger charge is 2.27. The first-order valence-corrected chi connectivity index (χ1v) is 9.94. The number of halogens is 4. The Morgan fingerprint density at radius 2 is 1.81 bits per heavy atom. The number of hydrogen-bond acceptors (Lipinski definition) is 3. The summed E-state index contributed by atoms with van der Waals surface area (Å²) < 4.78 is 65.7. The second-order valence-corrected chi connectivity index (χ2v) is 8.36. The van der Waals surface area contributed by atoms with Gasteiger partial charge in [-0.2, -0.15) is 0 Å². The van der Waals surface area contributed by atoms with Crippen molar-refractivity contribution in [1.82, 2.24) is 0 Å². The molecule has 5 nitrogen and oxygen atoms in total. The highest BCUT2D eigenvalue weighted by Crippen LogP contribution is 2.29. The monoisotopic (exact) mass is 418 g/mol. The minimum absolute atomic E-state index is 0.00275. The summed E-state index contributed by atoms with van der Waals surface area (Å²) in [7, 11) is -3.50. The van der Waals surface area contributed by atoms with Crippen molar-refractivity contribution in [1.29, 1.82) is 0 Å². The topological polar surface area (TPSA) is 66.5 Å². The van der Waals surface area contributed by atoms with Gasteiger partial charge in [0.1, 0.15) is 0 Å². The number of nitrogens with one attached hydrogen (secondary N) is 1. The van der Waals surface area contributed by atoms with Crippen molar-refractivity contribution < 1.29 is 26.4 Å². The first-order valence-electron chi connectivity index (χ1n) is 7.95. The molecule has 1 amide bonds. The lowest BCUT2D eigenvalue weighted by molar-refractivity contribution is 0.102. The maximum absolute atomic E-state index is 13.8. The van der Waals surface area contributed by atoms with Crippen molar-refractivity contribution in [3.63, 3.8) is 0 Å². The molecule has 0 radical (unpaired) electrons. The number of hydrogen-bond donors (Lipinski definition) is 1. The van der Waals surface area contributed by atoms with Crippen LogP contribution in [0.4, 0.5) is 24.5 Å². The first kappa shape index (κ1) is 19.5. The third kappa shape index (κ3) is 3.89. The molecule has 10 heteroatoms. The molecule has 0 bridgehead atoms. The number of rotatable bonds is 3. The van der Waals surface area contributed by atoms with Gasteiger partial charge in [-0.25, -0.2) is 21.6 Å². The number of amides is 1. The maximum Gasteiger partial charge on any atom is 0.257 e. The molecular formula is C17H14ClF3N2O3S. The van der Waals surface area contributed by atoms with Gasteiger partial charge in [0.05, 0.1) is 27.7 Å². The third-order valence-corrected chi connectivity index (χ3v) is 6.31. The van der Waals surface area contributed by atoms with E-state index in [2.05, 4.69) is 5.32 Å². The Hall–Kier alpha value is -2.26. The van der Waals surface area contributed by atoms with Gasteiger partial charge in [-0.15, -0.1) is 0 Å². The molecular weight excluding hydrogens is 405 g/mol. The molecule has 27 heavy (non-hydrogen) atoms. The number of benzene rings is 2. The van der Waals surface area contributed by atoms with Gasteiger partial charge in [-0.05, 0) is 43.2 Å². The van der Waals surface area contributed by atoms with Gasteiger partial charge in [0.2, 0.25) is 10.0 Å². The van der Waals surface area contributed by atoms with E-state index in [1.54, 1.807) is 0 Å². The zero-order valence-corrected chi connectivity index (χ0v) is 15.4. The highest BCUT2D eigenvalue weighted by atomic mass is 35.5. The van der Waals surface area contributed by atoms with Gasteiger partial charge in [0, 0.05) is 6.54 Å². The van der Waals surface area contributed by atoms with Crippen LogP contribution < -0.4 is 9.62 Å². The van der Waals surface area contributed by atoms with E-state index in [1.807, 2.05) is 0 Å². The van der Waals surface area contributed by atoms with Crippen molar-refractivity contribution in [2.24, 2.45) is 0 Å². The predicted molar refractivity (Wildman–Crippen MR) is 96.1 cm³/mol. The van der Waals surface area contributed by atoms with Gasteiger partial charge in [-0.3, -0.25) is 9.10 Å². The zero-order valence-electron chi connectivity index (χ0n) is 13.8. The molecule has 2 aromatic carbocycles. The molecule has 1 fully saturated rings. The number of sulfonamides is 1. The minimum atomic E-state index is -3.50. The fourth-order valence-corrected chi connectivity index (χ4v) is 4.57. The average molecular weight is 419 g/mol. The molecule has 1 aliphatic heterocycles. The Kier molecular flexibility index (Phi) is 5.34. The van der Waals surface area contributed by atoms with E-state index >= 15 is 0 Å². The summed E-state index contributed by atoms with van der Waals surface area (Å²) in [5.41, 5.74) is -0.444. The summed E-state index contributed by atoms with van der Waals surface area (Å²) in [6, 6.07) is 5.61. The molecule has 1 N–H and O–H groups in total. The van der Waals surface area contributed by atoms with Crippen molar-refractivity contribution in [3.8, 4) is 0 Å². The van der Waals surface area contributed by atoms with Crippen molar-refractivity contribution >= 4 is 38.9 Å². The van der Waals surface area contributed by atoms with E-state index in [0.29, 0.717) is 18.9 Å². The normalized spacial score (nSPS) is 16.2. The van der Waals surface area contributed by atoms with Crippen molar-refractivity contribution in [2.75, 3.05) is 21.9 Å². The summed E-state index contributed by atoms with van der Waals surface area (Å²) in [5, 5.41) is 2.11. The number of nitrogens with zero attached hydrogens (tertiary/aromatic N) is 1. The Balaban J connectivity index is 1.93. The number of carbonyl (C=O) groups excluding carboxylic acids is 1. The lowest BCUT2D eigenvalue weighted by Crippen LogP contribution is -2.38. The summed E-state index contributed by atoms with van der Waals surface area (Å²) in [4.78, 5) is 12.4. The fraction of sp³-hybridized carbons (Fsp3) is 0.235. The van der Waals surface area contributed by atoms with Crippen LogP contribution >= 0.6 is 11.6 Å². The molecule has 0 unspecified atom stereocenters. The third-order valence-electron chi connectivity index (χ3n) is 4.12. The van der Waals surface area contributed by atoms with Crippen molar-refractivity contribution in [2.45, 2.75) is 12.8 Å². The van der Waals surface area contributed by atoms with Crippen LogP contribution in [-0.4, -0.2) is 26.6 Å². The summed E-state index contributed by atoms with van der Waals surface area (Å²) >= 11 is 6.01. The average Bonchev–Trinajstić information content (AvgIpc) is 2.62. The van der Waals surface area contributed by atoms with Gasteiger partial charge >= 0.3 is 0 Å². The summed E-state index contributed by atoms with van der Waals surface area (Å²) in [6.07, 6.45) is 1.22. The molecule has 0 spiro atoms. The molecule has 1 aliphatic rings. The maximum atomic E-state index is 13.8. The van der Waals surface area contributed by atoms with Gasteiger partial charge in [-0.1, -0.05) is 11.6 Å². The van der Waals surface area contributed by atoms with Crippen LogP contribution in [0.5, 0.6) is 0 Å². The minimum Gasteiger partial charge on any atom is -0.319 e. The zero-order chi connectivity index (χ0) is 19.8. The van der Waals surface area contributed by atoms with E-state index in [0.717, 1.165) is 6.07 Å². The van der Waals surface area contributed by atoms with Gasteiger partial charge in [0.15, 0.2) is 17.5 Å². The van der Waals surface area contributed by atoms with Crippen LogP contribution in [0.1, 0.15) is 23.2 Å². The second-order valence-electron chi connectivity index (χ2n) is 5.94.